The first-order chi connectivity index (χ1) is 12.9. The van der Waals surface area contributed by atoms with Crippen molar-refractivity contribution >= 4 is 33.8 Å². The van der Waals surface area contributed by atoms with Crippen molar-refractivity contribution in [3.63, 3.8) is 0 Å². The average Bonchev–Trinajstić information content (AvgIpc) is 3.07. The summed E-state index contributed by atoms with van der Waals surface area (Å²) in [5.74, 6) is -0.487. The van der Waals surface area contributed by atoms with Gasteiger partial charge in [-0.1, -0.05) is 17.4 Å². The number of aryl methyl sites for hydroxylation is 1. The minimum atomic E-state index is -0.528. The second-order valence-electron chi connectivity index (χ2n) is 5.69. The Kier molecular flexibility index (Phi) is 5.36. The normalized spacial score (nSPS) is 11.6. The molecule has 27 heavy (non-hydrogen) atoms. The number of benzene rings is 1. The zero-order valence-corrected chi connectivity index (χ0v) is 15.4. The molecular weight excluding hydrogens is 368 g/mol. The lowest BCUT2D eigenvalue weighted by atomic mass is 10.1. The van der Waals surface area contributed by atoms with E-state index in [1.165, 1.54) is 29.5 Å². The SMILES string of the molecule is Cc1nnc(NC(=O)c2ccc(NC(C)c3ccccn3)c([N+](=O)[O-])c2)s1. The van der Waals surface area contributed by atoms with Crippen LogP contribution in [0.2, 0.25) is 0 Å². The van der Waals surface area contributed by atoms with Gasteiger partial charge in [0.2, 0.25) is 5.13 Å². The summed E-state index contributed by atoms with van der Waals surface area (Å²) in [4.78, 5) is 27.5. The minimum Gasteiger partial charge on any atom is -0.371 e. The smallest absolute Gasteiger partial charge is 0.293 e. The predicted octanol–water partition coefficient (Wildman–Crippen LogP) is 3.58. The Balaban J connectivity index is 1.82. The largest absolute Gasteiger partial charge is 0.371 e. The maximum atomic E-state index is 12.3. The number of carbonyl (C=O) groups excluding carboxylic acids is 1. The van der Waals surface area contributed by atoms with E-state index < -0.39 is 10.8 Å². The number of hydrogen-bond acceptors (Lipinski definition) is 8. The molecule has 0 bridgehead atoms. The van der Waals surface area contributed by atoms with E-state index in [9.17, 15) is 14.9 Å². The van der Waals surface area contributed by atoms with Gasteiger partial charge in [0, 0.05) is 17.8 Å². The molecule has 0 aliphatic rings. The van der Waals surface area contributed by atoms with E-state index in [4.69, 9.17) is 0 Å². The van der Waals surface area contributed by atoms with Crippen LogP contribution in [-0.4, -0.2) is 26.0 Å². The number of rotatable bonds is 6. The first kappa shape index (κ1) is 18.4. The molecule has 0 aliphatic carbocycles. The van der Waals surface area contributed by atoms with Gasteiger partial charge < -0.3 is 5.32 Å². The van der Waals surface area contributed by atoms with Crippen molar-refractivity contribution in [2.24, 2.45) is 0 Å². The van der Waals surface area contributed by atoms with E-state index in [0.717, 1.165) is 5.69 Å². The maximum absolute atomic E-state index is 12.3. The Hall–Kier alpha value is -3.40. The summed E-state index contributed by atoms with van der Waals surface area (Å²) in [5.41, 5.74) is 1.02. The monoisotopic (exact) mass is 384 g/mol. The van der Waals surface area contributed by atoms with Crippen LogP contribution < -0.4 is 10.6 Å². The van der Waals surface area contributed by atoms with Gasteiger partial charge in [-0.2, -0.15) is 0 Å². The van der Waals surface area contributed by atoms with Crippen molar-refractivity contribution < 1.29 is 9.72 Å². The van der Waals surface area contributed by atoms with Crippen LogP contribution in [-0.2, 0) is 0 Å². The fraction of sp³-hybridized carbons (Fsp3) is 0.176. The molecule has 3 rings (SSSR count). The third kappa shape index (κ3) is 4.42. The number of aromatic nitrogens is 3. The summed E-state index contributed by atoms with van der Waals surface area (Å²) in [5, 5.41) is 25.8. The number of amides is 1. The van der Waals surface area contributed by atoms with Crippen LogP contribution >= 0.6 is 11.3 Å². The van der Waals surface area contributed by atoms with E-state index in [1.54, 1.807) is 19.2 Å². The molecule has 2 aromatic heterocycles. The molecule has 1 atom stereocenters. The van der Waals surface area contributed by atoms with E-state index in [2.05, 4.69) is 25.8 Å². The van der Waals surface area contributed by atoms with Gasteiger partial charge in [0.15, 0.2) is 0 Å². The van der Waals surface area contributed by atoms with Gasteiger partial charge in [-0.25, -0.2) is 0 Å². The van der Waals surface area contributed by atoms with Crippen molar-refractivity contribution in [3.05, 3.63) is 69.0 Å². The fourth-order valence-corrected chi connectivity index (χ4v) is 2.99. The third-order valence-electron chi connectivity index (χ3n) is 3.71. The summed E-state index contributed by atoms with van der Waals surface area (Å²) in [6.45, 7) is 3.62. The van der Waals surface area contributed by atoms with Crippen molar-refractivity contribution in [1.29, 1.82) is 0 Å². The quantitative estimate of drug-likeness (QED) is 0.492. The molecule has 1 aromatic carbocycles. The second-order valence-corrected chi connectivity index (χ2v) is 6.87. The van der Waals surface area contributed by atoms with Crippen LogP contribution in [0.15, 0.2) is 42.6 Å². The van der Waals surface area contributed by atoms with E-state index >= 15 is 0 Å². The zero-order chi connectivity index (χ0) is 19.4. The first-order valence-corrected chi connectivity index (χ1v) is 8.83. The molecule has 0 spiro atoms. The lowest BCUT2D eigenvalue weighted by Crippen LogP contribution is -2.13. The average molecular weight is 384 g/mol. The van der Waals surface area contributed by atoms with Crippen LogP contribution in [0.4, 0.5) is 16.5 Å². The van der Waals surface area contributed by atoms with Crippen LogP contribution in [0.3, 0.4) is 0 Å². The van der Waals surface area contributed by atoms with Gasteiger partial charge in [0.25, 0.3) is 11.6 Å². The maximum Gasteiger partial charge on any atom is 0.293 e. The molecule has 138 valence electrons. The Morgan fingerprint density at radius 3 is 2.70 bits per heavy atom. The number of nitrogens with zero attached hydrogens (tertiary/aromatic N) is 4. The summed E-state index contributed by atoms with van der Waals surface area (Å²) in [6, 6.07) is 9.49. The Morgan fingerprint density at radius 1 is 1.26 bits per heavy atom. The summed E-state index contributed by atoms with van der Waals surface area (Å²) >= 11 is 1.22. The van der Waals surface area contributed by atoms with E-state index in [-0.39, 0.29) is 17.3 Å². The standard InChI is InChI=1S/C17H16N6O3S/c1-10(13-5-3-4-8-18-13)19-14-7-6-12(9-15(14)23(25)26)16(24)20-17-22-21-11(2)27-17/h3-10,19H,1-2H3,(H,20,22,24). The van der Waals surface area contributed by atoms with Crippen LogP contribution in [0.25, 0.3) is 0 Å². The number of nitro benzene ring substituents is 1. The van der Waals surface area contributed by atoms with Gasteiger partial charge in [-0.3, -0.25) is 25.2 Å². The molecule has 1 unspecified atom stereocenters. The molecule has 0 saturated heterocycles. The van der Waals surface area contributed by atoms with Crippen LogP contribution in [0.1, 0.15) is 34.0 Å². The molecular formula is C17H16N6O3S. The van der Waals surface area contributed by atoms with Crippen molar-refractivity contribution in [2.75, 3.05) is 10.6 Å². The summed E-state index contributed by atoms with van der Waals surface area (Å²) in [6.07, 6.45) is 1.66. The number of nitro groups is 1. The van der Waals surface area contributed by atoms with E-state index in [0.29, 0.717) is 15.8 Å². The summed E-state index contributed by atoms with van der Waals surface area (Å²) < 4.78 is 0. The van der Waals surface area contributed by atoms with Gasteiger partial charge in [0.1, 0.15) is 10.7 Å². The Bertz CT molecular complexity index is 976. The van der Waals surface area contributed by atoms with Gasteiger partial charge >= 0.3 is 0 Å². The molecule has 3 aromatic rings. The van der Waals surface area contributed by atoms with Crippen LogP contribution in [0, 0.1) is 17.0 Å². The van der Waals surface area contributed by atoms with Gasteiger partial charge in [-0.15, -0.1) is 10.2 Å². The number of pyridine rings is 1. The Labute approximate surface area is 158 Å². The van der Waals surface area contributed by atoms with Gasteiger partial charge in [0.05, 0.1) is 16.7 Å². The molecule has 9 nitrogen and oxygen atoms in total. The van der Waals surface area contributed by atoms with Crippen molar-refractivity contribution in [1.82, 2.24) is 15.2 Å². The third-order valence-corrected chi connectivity index (χ3v) is 4.46. The number of hydrogen-bond donors (Lipinski definition) is 2. The number of nitrogens with one attached hydrogen (secondary N) is 2. The first-order valence-electron chi connectivity index (χ1n) is 8.01. The highest BCUT2D eigenvalue weighted by molar-refractivity contribution is 7.15. The number of carbonyl (C=O) groups is 1. The molecule has 0 aliphatic heterocycles. The van der Waals surface area contributed by atoms with Crippen LogP contribution in [0.5, 0.6) is 0 Å². The molecule has 2 N–H and O–H groups in total. The Morgan fingerprint density at radius 2 is 2.07 bits per heavy atom. The highest BCUT2D eigenvalue weighted by atomic mass is 32.1. The van der Waals surface area contributed by atoms with Gasteiger partial charge in [-0.05, 0) is 38.1 Å². The molecule has 0 fully saturated rings. The molecule has 2 heterocycles. The zero-order valence-electron chi connectivity index (χ0n) is 14.5. The lowest BCUT2D eigenvalue weighted by molar-refractivity contribution is -0.384. The predicted molar refractivity (Wildman–Crippen MR) is 102 cm³/mol. The van der Waals surface area contributed by atoms with Crippen molar-refractivity contribution in [3.8, 4) is 0 Å². The number of anilines is 2. The lowest BCUT2D eigenvalue weighted by Gasteiger charge is -2.15. The topological polar surface area (TPSA) is 123 Å². The fourth-order valence-electron chi connectivity index (χ4n) is 2.40. The highest BCUT2D eigenvalue weighted by Gasteiger charge is 2.20. The van der Waals surface area contributed by atoms with E-state index in [1.807, 2.05) is 19.1 Å². The minimum absolute atomic E-state index is 0.158. The molecule has 0 saturated carbocycles. The summed E-state index contributed by atoms with van der Waals surface area (Å²) in [7, 11) is 0. The second kappa shape index (κ2) is 7.87. The molecule has 0 radical (unpaired) electrons. The molecule has 1 amide bonds. The highest BCUT2D eigenvalue weighted by Crippen LogP contribution is 2.29. The molecule has 10 heteroatoms. The van der Waals surface area contributed by atoms with Crippen molar-refractivity contribution in [2.45, 2.75) is 19.9 Å².